The molecule has 0 spiro atoms. The maximum absolute atomic E-state index is 5.36. The Bertz CT molecular complexity index is 548. The molecule has 0 bridgehead atoms. The van der Waals surface area contributed by atoms with Gasteiger partial charge in [0.15, 0.2) is 5.13 Å². The number of rotatable bonds is 5. The van der Waals surface area contributed by atoms with Crippen molar-refractivity contribution in [3.05, 3.63) is 15.8 Å². The number of aromatic nitrogens is 2. The van der Waals surface area contributed by atoms with Gasteiger partial charge in [-0.25, -0.2) is 9.97 Å². The zero-order chi connectivity index (χ0) is 13.8. The van der Waals surface area contributed by atoms with Crippen LogP contribution in [0.5, 0.6) is 0 Å². The minimum atomic E-state index is 0.856. The third-order valence-electron chi connectivity index (χ3n) is 3.28. The third-order valence-corrected chi connectivity index (χ3v) is 5.05. The van der Waals surface area contributed by atoms with Crippen LogP contribution < -0.4 is 5.32 Å². The smallest absolute Gasteiger partial charge is 0.183 e. The van der Waals surface area contributed by atoms with Crippen LogP contribution in [0.15, 0.2) is 10.8 Å². The minimum Gasteiger partial charge on any atom is -0.379 e. The fourth-order valence-corrected chi connectivity index (χ4v) is 3.58. The molecule has 2 aromatic heterocycles. The van der Waals surface area contributed by atoms with Gasteiger partial charge in [-0.05, 0) is 0 Å². The van der Waals surface area contributed by atoms with Crippen LogP contribution in [0.25, 0.3) is 11.4 Å². The Morgan fingerprint density at radius 2 is 1.95 bits per heavy atom. The normalized spacial score (nSPS) is 16.4. The van der Waals surface area contributed by atoms with Gasteiger partial charge >= 0.3 is 0 Å². The SMILES string of the molecule is CNc1nc(-c2csc(CCN3CCOCC3)n2)cs1. The molecule has 0 amide bonds. The van der Waals surface area contributed by atoms with Crippen molar-refractivity contribution in [1.29, 1.82) is 0 Å². The van der Waals surface area contributed by atoms with E-state index in [1.165, 1.54) is 5.01 Å². The molecule has 108 valence electrons. The maximum atomic E-state index is 5.36. The van der Waals surface area contributed by atoms with E-state index in [1.54, 1.807) is 22.7 Å². The quantitative estimate of drug-likeness (QED) is 0.917. The number of thiazole rings is 2. The Kier molecular flexibility index (Phi) is 4.62. The number of hydrogen-bond donors (Lipinski definition) is 1. The molecule has 3 rings (SSSR count). The summed E-state index contributed by atoms with van der Waals surface area (Å²) in [6.45, 7) is 4.85. The molecule has 5 nitrogen and oxygen atoms in total. The second kappa shape index (κ2) is 6.62. The average Bonchev–Trinajstić information content (AvgIpc) is 3.15. The van der Waals surface area contributed by atoms with Gasteiger partial charge in [-0.15, -0.1) is 22.7 Å². The number of morpholine rings is 1. The largest absolute Gasteiger partial charge is 0.379 e. The van der Waals surface area contributed by atoms with Gasteiger partial charge in [0, 0.05) is 43.9 Å². The van der Waals surface area contributed by atoms with Crippen LogP contribution in [-0.4, -0.2) is 54.8 Å². The summed E-state index contributed by atoms with van der Waals surface area (Å²) in [6, 6.07) is 0. The summed E-state index contributed by atoms with van der Waals surface area (Å²) in [5.74, 6) is 0. The molecule has 1 aliphatic rings. The van der Waals surface area contributed by atoms with Crippen molar-refractivity contribution in [3.8, 4) is 11.4 Å². The van der Waals surface area contributed by atoms with Crippen molar-refractivity contribution >= 4 is 27.8 Å². The molecule has 1 aliphatic heterocycles. The van der Waals surface area contributed by atoms with E-state index in [2.05, 4.69) is 25.6 Å². The average molecular weight is 310 g/mol. The van der Waals surface area contributed by atoms with E-state index in [9.17, 15) is 0 Å². The molecular weight excluding hydrogens is 292 g/mol. The standard InChI is InChI=1S/C13H18N4OS2/c1-14-13-16-11(9-20-13)10-8-19-12(15-10)2-3-17-4-6-18-7-5-17/h8-9H,2-7H2,1H3,(H,14,16). The molecule has 20 heavy (non-hydrogen) atoms. The van der Waals surface area contributed by atoms with Crippen LogP contribution in [0.4, 0.5) is 5.13 Å². The lowest BCUT2D eigenvalue weighted by molar-refractivity contribution is 0.0384. The Balaban J connectivity index is 1.58. The van der Waals surface area contributed by atoms with Gasteiger partial charge in [0.1, 0.15) is 11.4 Å². The first-order valence-corrected chi connectivity index (χ1v) is 8.49. The highest BCUT2D eigenvalue weighted by Crippen LogP contribution is 2.26. The summed E-state index contributed by atoms with van der Waals surface area (Å²) in [6.07, 6.45) is 1.01. The van der Waals surface area contributed by atoms with Gasteiger partial charge in [-0.3, -0.25) is 4.90 Å². The second-order valence-electron chi connectivity index (χ2n) is 4.62. The fraction of sp³-hybridized carbons (Fsp3) is 0.538. The van der Waals surface area contributed by atoms with Crippen LogP contribution in [0.1, 0.15) is 5.01 Å². The van der Waals surface area contributed by atoms with Gasteiger partial charge in [0.25, 0.3) is 0 Å². The highest BCUT2D eigenvalue weighted by molar-refractivity contribution is 7.14. The predicted molar refractivity (Wildman–Crippen MR) is 83.7 cm³/mol. The minimum absolute atomic E-state index is 0.856. The van der Waals surface area contributed by atoms with E-state index in [1.807, 2.05) is 12.4 Å². The van der Waals surface area contributed by atoms with Gasteiger partial charge in [0.05, 0.1) is 18.2 Å². The molecule has 0 radical (unpaired) electrons. The highest BCUT2D eigenvalue weighted by atomic mass is 32.1. The predicted octanol–water partition coefficient (Wildman–Crippen LogP) is 2.18. The van der Waals surface area contributed by atoms with E-state index >= 15 is 0 Å². The Morgan fingerprint density at radius 3 is 2.70 bits per heavy atom. The highest BCUT2D eigenvalue weighted by Gasteiger charge is 2.12. The number of anilines is 1. The molecule has 0 saturated carbocycles. The summed E-state index contributed by atoms with van der Waals surface area (Å²) >= 11 is 3.34. The van der Waals surface area contributed by atoms with Crippen LogP contribution >= 0.6 is 22.7 Å². The molecule has 0 aromatic carbocycles. The number of nitrogens with zero attached hydrogens (tertiary/aromatic N) is 3. The number of hydrogen-bond acceptors (Lipinski definition) is 7. The maximum Gasteiger partial charge on any atom is 0.183 e. The van der Waals surface area contributed by atoms with Gasteiger partial charge in [-0.1, -0.05) is 0 Å². The molecule has 0 atom stereocenters. The van der Waals surface area contributed by atoms with E-state index in [0.29, 0.717) is 0 Å². The van der Waals surface area contributed by atoms with Crippen LogP contribution in [0, 0.1) is 0 Å². The number of ether oxygens (including phenoxy) is 1. The molecule has 0 aliphatic carbocycles. The topological polar surface area (TPSA) is 50.3 Å². The van der Waals surface area contributed by atoms with E-state index in [-0.39, 0.29) is 0 Å². The van der Waals surface area contributed by atoms with Crippen molar-refractivity contribution in [2.24, 2.45) is 0 Å². The third kappa shape index (κ3) is 3.35. The number of nitrogens with one attached hydrogen (secondary N) is 1. The van der Waals surface area contributed by atoms with Crippen LogP contribution in [-0.2, 0) is 11.2 Å². The van der Waals surface area contributed by atoms with Crippen molar-refractivity contribution in [2.75, 3.05) is 45.2 Å². The summed E-state index contributed by atoms with van der Waals surface area (Å²) in [5, 5.41) is 9.32. The Hall–Kier alpha value is -1.02. The van der Waals surface area contributed by atoms with Gasteiger partial charge in [0.2, 0.25) is 0 Å². The molecule has 7 heteroatoms. The van der Waals surface area contributed by atoms with Crippen molar-refractivity contribution in [2.45, 2.75) is 6.42 Å². The molecule has 1 saturated heterocycles. The molecule has 3 heterocycles. The first-order chi connectivity index (χ1) is 9.85. The zero-order valence-electron chi connectivity index (χ0n) is 11.5. The van der Waals surface area contributed by atoms with Gasteiger partial charge < -0.3 is 10.1 Å². The summed E-state index contributed by atoms with van der Waals surface area (Å²) in [4.78, 5) is 11.6. The lowest BCUT2D eigenvalue weighted by Crippen LogP contribution is -2.37. The molecule has 1 fully saturated rings. The second-order valence-corrected chi connectivity index (χ2v) is 6.42. The van der Waals surface area contributed by atoms with Crippen molar-refractivity contribution < 1.29 is 4.74 Å². The lowest BCUT2D eigenvalue weighted by Gasteiger charge is -2.25. The van der Waals surface area contributed by atoms with Crippen molar-refractivity contribution in [3.63, 3.8) is 0 Å². The van der Waals surface area contributed by atoms with E-state index < -0.39 is 0 Å². The van der Waals surface area contributed by atoms with Gasteiger partial charge in [-0.2, -0.15) is 0 Å². The zero-order valence-corrected chi connectivity index (χ0v) is 13.1. The van der Waals surface area contributed by atoms with Crippen LogP contribution in [0.3, 0.4) is 0 Å². The van der Waals surface area contributed by atoms with Crippen molar-refractivity contribution in [1.82, 2.24) is 14.9 Å². The van der Waals surface area contributed by atoms with E-state index in [0.717, 1.165) is 55.8 Å². The summed E-state index contributed by atoms with van der Waals surface area (Å²) in [5.41, 5.74) is 1.96. The Morgan fingerprint density at radius 1 is 1.20 bits per heavy atom. The first kappa shape index (κ1) is 13.9. The van der Waals surface area contributed by atoms with E-state index in [4.69, 9.17) is 4.74 Å². The lowest BCUT2D eigenvalue weighted by atomic mass is 10.3. The molecule has 0 unspecified atom stereocenters. The molecule has 1 N–H and O–H groups in total. The summed E-state index contributed by atoms with van der Waals surface area (Å²) in [7, 11) is 1.89. The Labute approximate surface area is 126 Å². The van der Waals surface area contributed by atoms with Crippen LogP contribution in [0.2, 0.25) is 0 Å². The fourth-order valence-electron chi connectivity index (χ4n) is 2.13. The molecular formula is C13H18N4OS2. The first-order valence-electron chi connectivity index (χ1n) is 6.73. The molecule has 2 aromatic rings. The summed E-state index contributed by atoms with van der Waals surface area (Å²) < 4.78 is 5.36. The monoisotopic (exact) mass is 310 g/mol.